The first kappa shape index (κ1) is 17.1. The second-order valence-electron chi connectivity index (χ2n) is 6.37. The molecule has 0 aromatic heterocycles. The second kappa shape index (κ2) is 7.05. The molecule has 0 fully saturated rings. The Morgan fingerprint density at radius 2 is 1.92 bits per heavy atom. The van der Waals surface area contributed by atoms with E-state index in [4.69, 9.17) is 14.2 Å². The molecular weight excluding hydrogens is 318 g/mol. The van der Waals surface area contributed by atoms with Crippen LogP contribution in [0.2, 0.25) is 0 Å². The number of carbonyl (C=O) groups excluding carboxylic acids is 1. The van der Waals surface area contributed by atoms with E-state index in [2.05, 4.69) is 11.4 Å². The van der Waals surface area contributed by atoms with Gasteiger partial charge < -0.3 is 19.5 Å². The lowest BCUT2D eigenvalue weighted by Gasteiger charge is -2.18. The summed E-state index contributed by atoms with van der Waals surface area (Å²) in [4.78, 5) is 12.3. The molecule has 132 valence electrons. The van der Waals surface area contributed by atoms with E-state index in [-0.39, 0.29) is 12.7 Å². The van der Waals surface area contributed by atoms with E-state index in [1.807, 2.05) is 45.0 Å². The van der Waals surface area contributed by atoms with Gasteiger partial charge in [0.05, 0.1) is 0 Å². The highest BCUT2D eigenvalue weighted by Crippen LogP contribution is 2.32. The second-order valence-corrected chi connectivity index (χ2v) is 6.37. The van der Waals surface area contributed by atoms with E-state index in [1.54, 1.807) is 6.92 Å². The van der Waals surface area contributed by atoms with Crippen LogP contribution in [0.5, 0.6) is 17.2 Å². The van der Waals surface area contributed by atoms with Gasteiger partial charge in [-0.3, -0.25) is 4.79 Å². The fraction of sp³-hybridized carbons (Fsp3) is 0.350. The van der Waals surface area contributed by atoms with E-state index in [1.165, 1.54) is 0 Å². The standard InChI is InChI=1S/C20H23NO4/c1-12-7-13(2)14(3)18(8-12)25-15(4)20(22)21-10-16-5-6-17-19(9-16)24-11-23-17/h5-9,15H,10-11H2,1-4H3,(H,21,22)/t15-/m1/s1. The quantitative estimate of drug-likeness (QED) is 0.905. The Bertz CT molecular complexity index is 801. The summed E-state index contributed by atoms with van der Waals surface area (Å²) in [5, 5.41) is 2.90. The highest BCUT2D eigenvalue weighted by Gasteiger charge is 2.17. The van der Waals surface area contributed by atoms with E-state index in [0.29, 0.717) is 12.3 Å². The molecule has 3 rings (SSSR count). The zero-order valence-electron chi connectivity index (χ0n) is 15.0. The number of aryl methyl sites for hydroxylation is 2. The summed E-state index contributed by atoms with van der Waals surface area (Å²) in [6.45, 7) is 8.47. The molecule has 0 spiro atoms. The van der Waals surface area contributed by atoms with Crippen molar-refractivity contribution in [3.05, 3.63) is 52.6 Å². The molecule has 1 aliphatic rings. The van der Waals surface area contributed by atoms with Crippen LogP contribution in [0.25, 0.3) is 0 Å². The van der Waals surface area contributed by atoms with Crippen LogP contribution >= 0.6 is 0 Å². The highest BCUT2D eigenvalue weighted by atomic mass is 16.7. The molecule has 5 nitrogen and oxygen atoms in total. The van der Waals surface area contributed by atoms with Crippen molar-refractivity contribution in [2.24, 2.45) is 0 Å². The summed E-state index contributed by atoms with van der Waals surface area (Å²) in [6.07, 6.45) is -0.575. The lowest BCUT2D eigenvalue weighted by molar-refractivity contribution is -0.127. The Morgan fingerprint density at radius 1 is 1.16 bits per heavy atom. The maximum atomic E-state index is 12.3. The van der Waals surface area contributed by atoms with Gasteiger partial charge in [-0.25, -0.2) is 0 Å². The molecule has 0 radical (unpaired) electrons. The van der Waals surface area contributed by atoms with Crippen molar-refractivity contribution in [2.45, 2.75) is 40.3 Å². The zero-order valence-corrected chi connectivity index (χ0v) is 15.0. The highest BCUT2D eigenvalue weighted by molar-refractivity contribution is 5.80. The fourth-order valence-electron chi connectivity index (χ4n) is 2.75. The van der Waals surface area contributed by atoms with Crippen LogP contribution in [0.1, 0.15) is 29.2 Å². The molecule has 1 N–H and O–H groups in total. The van der Waals surface area contributed by atoms with Gasteiger partial charge in [0.1, 0.15) is 5.75 Å². The molecule has 0 saturated heterocycles. The zero-order chi connectivity index (χ0) is 18.0. The minimum atomic E-state index is -0.575. The van der Waals surface area contributed by atoms with Gasteiger partial charge in [0.15, 0.2) is 17.6 Å². The summed E-state index contributed by atoms with van der Waals surface area (Å²) < 4.78 is 16.5. The summed E-state index contributed by atoms with van der Waals surface area (Å²) in [7, 11) is 0. The van der Waals surface area contributed by atoms with Gasteiger partial charge in [-0.1, -0.05) is 12.1 Å². The van der Waals surface area contributed by atoms with Gasteiger partial charge >= 0.3 is 0 Å². The molecule has 2 aromatic carbocycles. The summed E-state index contributed by atoms with van der Waals surface area (Å²) >= 11 is 0. The summed E-state index contributed by atoms with van der Waals surface area (Å²) in [5.74, 6) is 2.04. The number of rotatable bonds is 5. The predicted octanol–water partition coefficient (Wildman–Crippen LogP) is 3.42. The lowest BCUT2D eigenvalue weighted by Crippen LogP contribution is -2.36. The number of hydrogen-bond acceptors (Lipinski definition) is 4. The van der Waals surface area contributed by atoms with Gasteiger partial charge in [0.2, 0.25) is 6.79 Å². The first-order chi connectivity index (χ1) is 11.9. The number of ether oxygens (including phenoxy) is 3. The van der Waals surface area contributed by atoms with Crippen LogP contribution in [0.3, 0.4) is 0 Å². The molecule has 2 aromatic rings. The number of carbonyl (C=O) groups is 1. The third kappa shape index (κ3) is 3.87. The minimum absolute atomic E-state index is 0.156. The lowest BCUT2D eigenvalue weighted by atomic mass is 10.1. The first-order valence-corrected chi connectivity index (χ1v) is 8.35. The largest absolute Gasteiger partial charge is 0.481 e. The molecule has 1 heterocycles. The predicted molar refractivity (Wildman–Crippen MR) is 95.2 cm³/mol. The van der Waals surface area contributed by atoms with Crippen LogP contribution in [0.4, 0.5) is 0 Å². The normalized spacial score (nSPS) is 13.4. The van der Waals surface area contributed by atoms with Gasteiger partial charge in [0.25, 0.3) is 5.91 Å². The van der Waals surface area contributed by atoms with Gasteiger partial charge in [-0.15, -0.1) is 0 Å². The van der Waals surface area contributed by atoms with E-state index in [9.17, 15) is 4.79 Å². The Morgan fingerprint density at radius 3 is 2.72 bits per heavy atom. The van der Waals surface area contributed by atoms with Gasteiger partial charge in [-0.2, -0.15) is 0 Å². The third-order valence-electron chi connectivity index (χ3n) is 4.34. The van der Waals surface area contributed by atoms with Crippen LogP contribution in [-0.2, 0) is 11.3 Å². The van der Waals surface area contributed by atoms with Crippen LogP contribution in [-0.4, -0.2) is 18.8 Å². The van der Waals surface area contributed by atoms with Crippen LogP contribution < -0.4 is 19.5 Å². The van der Waals surface area contributed by atoms with Crippen LogP contribution in [0, 0.1) is 20.8 Å². The van der Waals surface area contributed by atoms with Crippen molar-refractivity contribution >= 4 is 5.91 Å². The molecule has 1 aliphatic heterocycles. The van der Waals surface area contributed by atoms with Crippen molar-refractivity contribution in [2.75, 3.05) is 6.79 Å². The molecule has 0 saturated carbocycles. The van der Waals surface area contributed by atoms with Crippen molar-refractivity contribution in [1.82, 2.24) is 5.32 Å². The number of hydrogen-bond donors (Lipinski definition) is 1. The monoisotopic (exact) mass is 341 g/mol. The maximum Gasteiger partial charge on any atom is 0.261 e. The number of nitrogens with one attached hydrogen (secondary N) is 1. The topological polar surface area (TPSA) is 56.8 Å². The smallest absolute Gasteiger partial charge is 0.261 e. The Hall–Kier alpha value is -2.69. The molecule has 0 aliphatic carbocycles. The molecular formula is C20H23NO4. The third-order valence-corrected chi connectivity index (χ3v) is 4.34. The molecule has 0 bridgehead atoms. The molecule has 5 heteroatoms. The average Bonchev–Trinajstić information content (AvgIpc) is 3.04. The Labute approximate surface area is 147 Å². The Balaban J connectivity index is 1.60. The van der Waals surface area contributed by atoms with Crippen LogP contribution in [0.15, 0.2) is 30.3 Å². The van der Waals surface area contributed by atoms with Crippen molar-refractivity contribution in [1.29, 1.82) is 0 Å². The van der Waals surface area contributed by atoms with Gasteiger partial charge in [-0.05, 0) is 68.1 Å². The van der Waals surface area contributed by atoms with Crippen molar-refractivity contribution < 1.29 is 19.0 Å². The summed E-state index contributed by atoms with van der Waals surface area (Å²) in [6, 6.07) is 9.70. The van der Waals surface area contributed by atoms with E-state index in [0.717, 1.165) is 33.8 Å². The molecule has 0 unspecified atom stereocenters. The van der Waals surface area contributed by atoms with E-state index < -0.39 is 6.10 Å². The van der Waals surface area contributed by atoms with Crippen molar-refractivity contribution in [3.63, 3.8) is 0 Å². The molecule has 25 heavy (non-hydrogen) atoms. The maximum absolute atomic E-state index is 12.3. The number of fused-ring (bicyclic) bond motifs is 1. The SMILES string of the molecule is Cc1cc(C)c(C)c(O[C@H](C)C(=O)NCc2ccc3c(c2)OCO3)c1. The fourth-order valence-corrected chi connectivity index (χ4v) is 2.75. The van der Waals surface area contributed by atoms with Gasteiger partial charge in [0, 0.05) is 6.54 Å². The number of amides is 1. The molecule has 1 amide bonds. The summed E-state index contributed by atoms with van der Waals surface area (Å²) in [5.41, 5.74) is 4.28. The Kier molecular flexibility index (Phi) is 4.83. The van der Waals surface area contributed by atoms with Crippen molar-refractivity contribution in [3.8, 4) is 17.2 Å². The number of benzene rings is 2. The minimum Gasteiger partial charge on any atom is -0.481 e. The van der Waals surface area contributed by atoms with E-state index >= 15 is 0 Å². The molecule has 1 atom stereocenters. The average molecular weight is 341 g/mol. The first-order valence-electron chi connectivity index (χ1n) is 8.35.